The molecule has 0 unspecified atom stereocenters. The third kappa shape index (κ3) is 5.26. The zero-order chi connectivity index (χ0) is 21.7. The van der Waals surface area contributed by atoms with Gasteiger partial charge in [0.25, 0.3) is 10.0 Å². The van der Waals surface area contributed by atoms with Crippen molar-refractivity contribution in [3.63, 3.8) is 0 Å². The van der Waals surface area contributed by atoms with Crippen LogP contribution in [0.3, 0.4) is 0 Å². The van der Waals surface area contributed by atoms with Gasteiger partial charge in [0.15, 0.2) is 0 Å². The Kier molecular flexibility index (Phi) is 5.95. The molecular formula is C24H19FN2O3S. The average molecular weight is 434 g/mol. The van der Waals surface area contributed by atoms with Gasteiger partial charge in [0.2, 0.25) is 0 Å². The Balaban J connectivity index is 1.37. The molecule has 0 aliphatic rings. The number of nitrogens with one attached hydrogen (secondary N) is 1. The van der Waals surface area contributed by atoms with E-state index in [1.54, 1.807) is 54.6 Å². The van der Waals surface area contributed by atoms with Crippen molar-refractivity contribution in [3.05, 3.63) is 108 Å². The Morgan fingerprint density at radius 2 is 1.58 bits per heavy atom. The van der Waals surface area contributed by atoms with Gasteiger partial charge in [-0.05, 0) is 70.4 Å². The highest BCUT2D eigenvalue weighted by atomic mass is 32.2. The molecule has 0 saturated carbocycles. The molecule has 0 radical (unpaired) electrons. The van der Waals surface area contributed by atoms with Crippen LogP contribution >= 0.6 is 0 Å². The molecule has 0 amide bonds. The van der Waals surface area contributed by atoms with Crippen LogP contribution in [0, 0.1) is 5.82 Å². The van der Waals surface area contributed by atoms with E-state index in [1.807, 2.05) is 24.3 Å². The molecule has 0 spiro atoms. The van der Waals surface area contributed by atoms with Crippen molar-refractivity contribution in [2.75, 3.05) is 0 Å². The number of hydrazone groups is 1. The number of fused-ring (bicyclic) bond motifs is 1. The number of ether oxygens (including phenoxy) is 1. The molecule has 31 heavy (non-hydrogen) atoms. The van der Waals surface area contributed by atoms with Gasteiger partial charge in [-0.15, -0.1) is 0 Å². The number of hydrogen-bond acceptors (Lipinski definition) is 4. The maximum absolute atomic E-state index is 12.9. The molecule has 0 aliphatic heterocycles. The molecule has 1 N–H and O–H groups in total. The molecule has 156 valence electrons. The van der Waals surface area contributed by atoms with Gasteiger partial charge >= 0.3 is 0 Å². The molecule has 4 aromatic rings. The van der Waals surface area contributed by atoms with E-state index in [-0.39, 0.29) is 10.7 Å². The van der Waals surface area contributed by atoms with Crippen molar-refractivity contribution in [2.24, 2.45) is 5.10 Å². The van der Waals surface area contributed by atoms with Gasteiger partial charge in [0, 0.05) is 0 Å². The first-order chi connectivity index (χ1) is 15.0. The fourth-order valence-electron chi connectivity index (χ4n) is 2.95. The summed E-state index contributed by atoms with van der Waals surface area (Å²) in [6.45, 7) is 0.319. The van der Waals surface area contributed by atoms with Crippen LogP contribution in [0.1, 0.15) is 11.1 Å². The van der Waals surface area contributed by atoms with E-state index in [2.05, 4.69) is 9.93 Å². The van der Waals surface area contributed by atoms with Gasteiger partial charge in [-0.1, -0.05) is 42.5 Å². The van der Waals surface area contributed by atoms with E-state index in [0.717, 1.165) is 16.3 Å². The van der Waals surface area contributed by atoms with Gasteiger partial charge in [-0.2, -0.15) is 13.5 Å². The minimum Gasteiger partial charge on any atom is -0.489 e. The van der Waals surface area contributed by atoms with Crippen LogP contribution in [-0.2, 0) is 16.6 Å². The van der Waals surface area contributed by atoms with Crippen LogP contribution in [0.25, 0.3) is 10.8 Å². The van der Waals surface area contributed by atoms with E-state index in [0.29, 0.717) is 17.9 Å². The van der Waals surface area contributed by atoms with Crippen LogP contribution in [0.5, 0.6) is 5.75 Å². The van der Waals surface area contributed by atoms with Crippen molar-refractivity contribution in [2.45, 2.75) is 11.5 Å². The minimum atomic E-state index is -3.77. The fourth-order valence-corrected chi connectivity index (χ4v) is 3.78. The van der Waals surface area contributed by atoms with Crippen LogP contribution in [0.2, 0.25) is 0 Å². The Labute approximate surface area is 179 Å². The molecule has 4 aromatic carbocycles. The highest BCUT2D eigenvalue weighted by molar-refractivity contribution is 7.89. The van der Waals surface area contributed by atoms with Crippen molar-refractivity contribution >= 4 is 27.0 Å². The van der Waals surface area contributed by atoms with Gasteiger partial charge in [-0.3, -0.25) is 0 Å². The van der Waals surface area contributed by atoms with Crippen molar-refractivity contribution < 1.29 is 17.5 Å². The molecular weight excluding hydrogens is 415 g/mol. The molecule has 0 bridgehead atoms. The maximum atomic E-state index is 12.9. The molecule has 0 heterocycles. The number of sulfonamides is 1. The highest BCUT2D eigenvalue weighted by Crippen LogP contribution is 2.19. The second-order valence-corrected chi connectivity index (χ2v) is 8.51. The van der Waals surface area contributed by atoms with E-state index >= 15 is 0 Å². The Bertz CT molecular complexity index is 1320. The van der Waals surface area contributed by atoms with Gasteiger partial charge in [-0.25, -0.2) is 9.22 Å². The average Bonchev–Trinajstić information content (AvgIpc) is 2.79. The van der Waals surface area contributed by atoms with E-state index in [4.69, 9.17) is 4.74 Å². The minimum absolute atomic E-state index is 0.146. The molecule has 5 nitrogen and oxygen atoms in total. The second kappa shape index (κ2) is 8.97. The Hall–Kier alpha value is -3.71. The quantitative estimate of drug-likeness (QED) is 0.333. The van der Waals surface area contributed by atoms with E-state index in [1.165, 1.54) is 18.3 Å². The van der Waals surface area contributed by atoms with Gasteiger partial charge < -0.3 is 4.74 Å². The van der Waals surface area contributed by atoms with Gasteiger partial charge in [0.05, 0.1) is 11.1 Å². The van der Waals surface area contributed by atoms with Crippen molar-refractivity contribution in [1.29, 1.82) is 0 Å². The van der Waals surface area contributed by atoms with Crippen LogP contribution in [0.15, 0.2) is 101 Å². The third-order valence-electron chi connectivity index (χ3n) is 4.62. The zero-order valence-electron chi connectivity index (χ0n) is 16.4. The molecule has 0 aliphatic carbocycles. The summed E-state index contributed by atoms with van der Waals surface area (Å²) in [5, 5.41) is 5.66. The molecule has 4 rings (SSSR count). The third-order valence-corrected chi connectivity index (χ3v) is 5.84. The topological polar surface area (TPSA) is 67.8 Å². The number of halogens is 1. The molecule has 0 fully saturated rings. The molecule has 7 heteroatoms. The predicted octanol–water partition coefficient (Wildman–Crippen LogP) is 4.87. The van der Waals surface area contributed by atoms with E-state index in [9.17, 15) is 12.8 Å². The maximum Gasteiger partial charge on any atom is 0.276 e. The van der Waals surface area contributed by atoms with Crippen molar-refractivity contribution in [1.82, 2.24) is 4.83 Å². The van der Waals surface area contributed by atoms with Crippen LogP contribution in [0.4, 0.5) is 4.39 Å². The number of hydrogen-bond donors (Lipinski definition) is 1. The summed E-state index contributed by atoms with van der Waals surface area (Å²) in [6, 6.07) is 25.6. The normalized spacial score (nSPS) is 11.6. The Morgan fingerprint density at radius 1 is 0.871 bits per heavy atom. The lowest BCUT2D eigenvalue weighted by molar-refractivity contribution is 0.306. The standard InChI is InChI=1S/C24H19FN2O3S/c25-22-10-5-19(6-11-22)17-30-23-12-7-18(8-13-23)16-26-27-31(28,29)24-14-9-20-3-1-2-4-21(20)15-24/h1-16,27H,17H2/b26-16-. The second-order valence-electron chi connectivity index (χ2n) is 6.85. The fraction of sp³-hybridized carbons (Fsp3) is 0.0417. The first-order valence-electron chi connectivity index (χ1n) is 9.51. The first-order valence-corrected chi connectivity index (χ1v) is 11.0. The predicted molar refractivity (Wildman–Crippen MR) is 119 cm³/mol. The summed E-state index contributed by atoms with van der Waals surface area (Å²) < 4.78 is 43.6. The zero-order valence-corrected chi connectivity index (χ0v) is 17.2. The first kappa shape index (κ1) is 20.6. The number of benzene rings is 4. The highest BCUT2D eigenvalue weighted by Gasteiger charge is 2.13. The lowest BCUT2D eigenvalue weighted by Gasteiger charge is -2.07. The Morgan fingerprint density at radius 3 is 2.32 bits per heavy atom. The summed E-state index contributed by atoms with van der Waals surface area (Å²) in [5.41, 5.74) is 1.56. The van der Waals surface area contributed by atoms with Crippen LogP contribution in [-0.4, -0.2) is 14.6 Å². The summed E-state index contributed by atoms with van der Waals surface area (Å²) in [5.74, 6) is 0.349. The molecule has 0 atom stereocenters. The lowest BCUT2D eigenvalue weighted by Crippen LogP contribution is -2.18. The van der Waals surface area contributed by atoms with Crippen LogP contribution < -0.4 is 9.57 Å². The number of rotatable bonds is 7. The summed E-state index contributed by atoms with van der Waals surface area (Å²) in [4.78, 5) is 2.38. The monoisotopic (exact) mass is 434 g/mol. The summed E-state index contributed by atoms with van der Waals surface area (Å²) in [7, 11) is -3.77. The molecule has 0 saturated heterocycles. The molecule has 0 aromatic heterocycles. The number of nitrogens with zero attached hydrogens (tertiary/aromatic N) is 1. The van der Waals surface area contributed by atoms with Crippen molar-refractivity contribution in [3.8, 4) is 5.75 Å². The smallest absolute Gasteiger partial charge is 0.276 e. The summed E-state index contributed by atoms with van der Waals surface area (Å²) >= 11 is 0. The largest absolute Gasteiger partial charge is 0.489 e. The SMILES string of the molecule is O=S(=O)(N/N=C\c1ccc(OCc2ccc(F)cc2)cc1)c1ccc2ccccc2c1. The lowest BCUT2D eigenvalue weighted by atomic mass is 10.1. The van der Waals surface area contributed by atoms with E-state index < -0.39 is 10.0 Å². The summed E-state index contributed by atoms with van der Waals surface area (Å²) in [6.07, 6.45) is 1.42. The van der Waals surface area contributed by atoms with Gasteiger partial charge in [0.1, 0.15) is 18.2 Å².